The van der Waals surface area contributed by atoms with Crippen LogP contribution in [0.15, 0.2) is 77.9 Å². The van der Waals surface area contributed by atoms with Gasteiger partial charge in [-0.25, -0.2) is 10.2 Å². The first-order chi connectivity index (χ1) is 15.1. The molecule has 31 heavy (non-hydrogen) atoms. The Morgan fingerprint density at radius 2 is 1.71 bits per heavy atom. The number of hydrogen-bond donors (Lipinski definition) is 2. The molecule has 0 radical (unpaired) electrons. The highest BCUT2D eigenvalue weighted by molar-refractivity contribution is 5.91. The van der Waals surface area contributed by atoms with Crippen molar-refractivity contribution in [3.05, 3.63) is 89.5 Å². The third-order valence-corrected chi connectivity index (χ3v) is 4.39. The van der Waals surface area contributed by atoms with Gasteiger partial charge in [-0.2, -0.15) is 5.10 Å². The number of hydrogen-bond acceptors (Lipinski definition) is 6. The monoisotopic (exact) mass is 417 g/mol. The van der Waals surface area contributed by atoms with Crippen LogP contribution < -0.4 is 20.2 Å². The molecule has 3 aromatic rings. The van der Waals surface area contributed by atoms with Crippen molar-refractivity contribution >= 4 is 23.8 Å². The van der Waals surface area contributed by atoms with Crippen molar-refractivity contribution in [2.45, 2.75) is 6.92 Å². The highest BCUT2D eigenvalue weighted by atomic mass is 16.6. The number of methoxy groups -OCH3 is 1. The second kappa shape index (κ2) is 10.6. The number of amides is 1. The molecule has 0 saturated carbocycles. The zero-order chi connectivity index (χ0) is 22.1. The lowest BCUT2D eigenvalue weighted by Crippen LogP contribution is -2.26. The van der Waals surface area contributed by atoms with Crippen molar-refractivity contribution in [1.82, 2.24) is 5.43 Å². The number of anilines is 1. The SMILES string of the molecule is COc1cc(/C=N\NC(=O)CNc2ccccc2C)ccc1OC(=O)c1ccccc1. The molecule has 2 N–H and O–H groups in total. The third kappa shape index (κ3) is 6.17. The molecule has 7 nitrogen and oxygen atoms in total. The van der Waals surface area contributed by atoms with E-state index in [9.17, 15) is 9.59 Å². The zero-order valence-electron chi connectivity index (χ0n) is 17.3. The average molecular weight is 417 g/mol. The van der Waals surface area contributed by atoms with Crippen LogP contribution in [-0.2, 0) is 4.79 Å². The van der Waals surface area contributed by atoms with Gasteiger partial charge < -0.3 is 14.8 Å². The normalized spacial score (nSPS) is 10.5. The van der Waals surface area contributed by atoms with Gasteiger partial charge in [0.15, 0.2) is 11.5 Å². The van der Waals surface area contributed by atoms with Crippen LogP contribution in [0.2, 0.25) is 0 Å². The standard InChI is InChI=1S/C24H23N3O4/c1-17-8-6-7-11-20(17)25-16-23(28)27-26-15-18-12-13-21(22(14-18)30-2)31-24(29)19-9-4-3-5-10-19/h3-15,25H,16H2,1-2H3,(H,27,28)/b26-15-. The van der Waals surface area contributed by atoms with Crippen molar-refractivity contribution in [3.63, 3.8) is 0 Å². The maximum Gasteiger partial charge on any atom is 0.343 e. The minimum Gasteiger partial charge on any atom is -0.493 e. The zero-order valence-corrected chi connectivity index (χ0v) is 17.3. The number of rotatable bonds is 8. The van der Waals surface area contributed by atoms with Crippen molar-refractivity contribution in [1.29, 1.82) is 0 Å². The number of para-hydroxylation sites is 1. The predicted octanol–water partition coefficient (Wildman–Crippen LogP) is 3.79. The number of benzene rings is 3. The van der Waals surface area contributed by atoms with E-state index in [0.717, 1.165) is 11.3 Å². The number of hydrazone groups is 1. The summed E-state index contributed by atoms with van der Waals surface area (Å²) in [6, 6.07) is 21.4. The maximum absolute atomic E-state index is 12.2. The van der Waals surface area contributed by atoms with E-state index < -0.39 is 5.97 Å². The molecule has 0 atom stereocenters. The summed E-state index contributed by atoms with van der Waals surface area (Å²) in [5.74, 6) is -0.0886. The van der Waals surface area contributed by atoms with E-state index in [-0.39, 0.29) is 12.5 Å². The van der Waals surface area contributed by atoms with Crippen molar-refractivity contribution in [2.75, 3.05) is 19.0 Å². The molecule has 0 fully saturated rings. The summed E-state index contributed by atoms with van der Waals surface area (Å²) in [5.41, 5.74) is 5.53. The molecule has 0 unspecified atom stereocenters. The predicted molar refractivity (Wildman–Crippen MR) is 120 cm³/mol. The van der Waals surface area contributed by atoms with Crippen molar-refractivity contribution in [2.24, 2.45) is 5.10 Å². The summed E-state index contributed by atoms with van der Waals surface area (Å²) < 4.78 is 10.7. The Hall–Kier alpha value is -4.13. The van der Waals surface area contributed by atoms with Crippen LogP contribution in [-0.4, -0.2) is 31.7 Å². The van der Waals surface area contributed by atoms with Crippen LogP contribution in [0.25, 0.3) is 0 Å². The molecule has 0 heterocycles. The lowest BCUT2D eigenvalue weighted by molar-refractivity contribution is -0.119. The van der Waals surface area contributed by atoms with E-state index in [4.69, 9.17) is 9.47 Å². The molecule has 3 aromatic carbocycles. The van der Waals surface area contributed by atoms with Gasteiger partial charge >= 0.3 is 5.97 Å². The van der Waals surface area contributed by atoms with E-state index in [1.54, 1.807) is 42.5 Å². The lowest BCUT2D eigenvalue weighted by Gasteiger charge is -2.10. The fraction of sp³-hybridized carbons (Fsp3) is 0.125. The van der Waals surface area contributed by atoms with Crippen LogP contribution in [0.3, 0.4) is 0 Å². The van der Waals surface area contributed by atoms with Gasteiger partial charge in [-0.1, -0.05) is 36.4 Å². The summed E-state index contributed by atoms with van der Waals surface area (Å²) in [4.78, 5) is 24.2. The topological polar surface area (TPSA) is 89.0 Å². The largest absolute Gasteiger partial charge is 0.493 e. The van der Waals surface area contributed by atoms with Crippen LogP contribution >= 0.6 is 0 Å². The molecule has 0 saturated heterocycles. The minimum atomic E-state index is -0.478. The van der Waals surface area contributed by atoms with Gasteiger partial charge in [-0.05, 0) is 54.4 Å². The van der Waals surface area contributed by atoms with Gasteiger partial charge in [0.05, 0.1) is 25.4 Å². The van der Waals surface area contributed by atoms with Crippen molar-refractivity contribution < 1.29 is 19.1 Å². The first-order valence-electron chi connectivity index (χ1n) is 9.63. The van der Waals surface area contributed by atoms with Gasteiger partial charge in [0.2, 0.25) is 0 Å². The summed E-state index contributed by atoms with van der Waals surface area (Å²) in [6.45, 7) is 2.06. The molecule has 158 valence electrons. The Balaban J connectivity index is 1.56. The molecule has 0 spiro atoms. The van der Waals surface area contributed by atoms with Gasteiger partial charge in [-0.3, -0.25) is 4.79 Å². The lowest BCUT2D eigenvalue weighted by atomic mass is 10.2. The average Bonchev–Trinajstić information content (AvgIpc) is 2.80. The first kappa shape index (κ1) is 21.6. The molecule has 0 bridgehead atoms. The third-order valence-electron chi connectivity index (χ3n) is 4.39. The number of ether oxygens (including phenoxy) is 2. The molecule has 7 heteroatoms. The number of carbonyl (C=O) groups is 2. The highest BCUT2D eigenvalue weighted by Crippen LogP contribution is 2.28. The fourth-order valence-electron chi connectivity index (χ4n) is 2.75. The quantitative estimate of drug-likeness (QED) is 0.252. The van der Waals surface area contributed by atoms with Gasteiger partial charge in [0, 0.05) is 5.69 Å². The smallest absolute Gasteiger partial charge is 0.343 e. The molecule has 3 rings (SSSR count). The second-order valence-electron chi connectivity index (χ2n) is 6.63. The van der Waals surface area contributed by atoms with Crippen LogP contribution in [0.5, 0.6) is 11.5 Å². The van der Waals surface area contributed by atoms with E-state index in [2.05, 4.69) is 15.8 Å². The first-order valence-corrected chi connectivity index (χ1v) is 9.63. The molecular formula is C24H23N3O4. The van der Waals surface area contributed by atoms with Crippen molar-refractivity contribution in [3.8, 4) is 11.5 Å². The summed E-state index contributed by atoms with van der Waals surface area (Å²) >= 11 is 0. The fourth-order valence-corrected chi connectivity index (χ4v) is 2.75. The number of nitrogens with zero attached hydrogens (tertiary/aromatic N) is 1. The van der Waals surface area contributed by atoms with Gasteiger partial charge in [0.1, 0.15) is 0 Å². The number of nitrogens with one attached hydrogen (secondary N) is 2. The maximum atomic E-state index is 12.2. The molecular weight excluding hydrogens is 394 g/mol. The van der Waals surface area contributed by atoms with E-state index in [1.807, 2.05) is 37.3 Å². The summed E-state index contributed by atoms with van der Waals surface area (Å²) in [5, 5.41) is 7.03. The Morgan fingerprint density at radius 3 is 2.45 bits per heavy atom. The van der Waals surface area contributed by atoms with Gasteiger partial charge in [-0.15, -0.1) is 0 Å². The number of esters is 1. The molecule has 0 aliphatic heterocycles. The molecule has 0 aliphatic carbocycles. The number of carbonyl (C=O) groups excluding carboxylic acids is 2. The van der Waals surface area contributed by atoms with Crippen LogP contribution in [0, 0.1) is 6.92 Å². The highest BCUT2D eigenvalue weighted by Gasteiger charge is 2.12. The van der Waals surface area contributed by atoms with Gasteiger partial charge in [0.25, 0.3) is 5.91 Å². The van der Waals surface area contributed by atoms with E-state index in [0.29, 0.717) is 22.6 Å². The summed E-state index contributed by atoms with van der Waals surface area (Å²) in [6.07, 6.45) is 1.48. The van der Waals surface area contributed by atoms with E-state index >= 15 is 0 Å². The van der Waals surface area contributed by atoms with E-state index in [1.165, 1.54) is 13.3 Å². The summed E-state index contributed by atoms with van der Waals surface area (Å²) in [7, 11) is 1.48. The number of aryl methyl sites for hydroxylation is 1. The Kier molecular flexibility index (Phi) is 7.37. The Bertz CT molecular complexity index is 1080. The van der Waals surface area contributed by atoms with Crippen LogP contribution in [0.4, 0.5) is 5.69 Å². The van der Waals surface area contributed by atoms with Crippen LogP contribution in [0.1, 0.15) is 21.5 Å². The minimum absolute atomic E-state index is 0.0971. The molecule has 0 aromatic heterocycles. The Morgan fingerprint density at radius 1 is 0.968 bits per heavy atom. The molecule has 0 aliphatic rings. The Labute approximate surface area is 180 Å². The second-order valence-corrected chi connectivity index (χ2v) is 6.63. The molecule has 1 amide bonds.